The maximum atomic E-state index is 11.4. The van der Waals surface area contributed by atoms with Crippen LogP contribution in [0.1, 0.15) is 33.6 Å². The van der Waals surface area contributed by atoms with Crippen molar-refractivity contribution >= 4 is 22.7 Å². The smallest absolute Gasteiger partial charge is 0.308 e. The average molecular weight is 316 g/mol. The third-order valence-electron chi connectivity index (χ3n) is 3.18. The van der Waals surface area contributed by atoms with E-state index in [-0.39, 0.29) is 0 Å². The van der Waals surface area contributed by atoms with E-state index in [0.717, 1.165) is 12.8 Å². The molecule has 0 N–H and O–H groups in total. The minimum atomic E-state index is -0.435. The molecule has 0 radical (unpaired) electrons. The Morgan fingerprint density at radius 3 is 2.22 bits per heavy atom. The van der Waals surface area contributed by atoms with Gasteiger partial charge >= 0.3 is 11.9 Å². The van der Waals surface area contributed by atoms with Crippen LogP contribution in [0, 0.1) is 0 Å². The van der Waals surface area contributed by atoms with E-state index in [1.165, 1.54) is 13.8 Å². The monoisotopic (exact) mass is 316 g/mol. The van der Waals surface area contributed by atoms with Gasteiger partial charge in [-0.15, -0.1) is 0 Å². The van der Waals surface area contributed by atoms with Crippen molar-refractivity contribution in [3.05, 3.63) is 30.3 Å². The summed E-state index contributed by atoms with van der Waals surface area (Å²) in [6, 6.07) is 8.84. The van der Waals surface area contributed by atoms with Crippen LogP contribution < -0.4 is 14.2 Å². The Morgan fingerprint density at radius 2 is 1.61 bits per heavy atom. The Balaban J connectivity index is 2.58. The van der Waals surface area contributed by atoms with Crippen molar-refractivity contribution in [2.24, 2.45) is 0 Å². The van der Waals surface area contributed by atoms with Crippen molar-refractivity contribution in [3.8, 4) is 17.2 Å². The Labute approximate surface area is 135 Å². The molecule has 122 valence electrons. The maximum absolute atomic E-state index is 11.4. The molecule has 0 aliphatic carbocycles. The van der Waals surface area contributed by atoms with E-state index in [1.54, 1.807) is 18.2 Å². The van der Waals surface area contributed by atoms with Gasteiger partial charge in [-0.2, -0.15) is 0 Å². The number of rotatable bonds is 6. The largest absolute Gasteiger partial charge is 0.490 e. The van der Waals surface area contributed by atoms with Crippen molar-refractivity contribution in [3.63, 3.8) is 0 Å². The summed E-state index contributed by atoms with van der Waals surface area (Å²) in [5, 5.41) is 1.34. The molecule has 0 saturated heterocycles. The zero-order valence-electron chi connectivity index (χ0n) is 13.5. The van der Waals surface area contributed by atoms with Crippen LogP contribution in [0.4, 0.5) is 0 Å². The lowest BCUT2D eigenvalue weighted by Gasteiger charge is -2.16. The zero-order valence-corrected chi connectivity index (χ0v) is 13.5. The summed E-state index contributed by atoms with van der Waals surface area (Å²) < 4.78 is 16.4. The van der Waals surface area contributed by atoms with Crippen LogP contribution in [-0.4, -0.2) is 18.5 Å². The highest BCUT2D eigenvalue weighted by molar-refractivity contribution is 5.98. The summed E-state index contributed by atoms with van der Waals surface area (Å²) in [5.74, 6) is 0.268. The maximum Gasteiger partial charge on any atom is 0.308 e. The first-order valence-corrected chi connectivity index (χ1v) is 7.58. The van der Waals surface area contributed by atoms with Crippen molar-refractivity contribution in [2.45, 2.75) is 33.6 Å². The summed E-state index contributed by atoms with van der Waals surface area (Å²) in [6.07, 6.45) is 1.85. The molecule has 0 saturated carbocycles. The van der Waals surface area contributed by atoms with E-state index in [1.807, 2.05) is 12.1 Å². The number of esters is 2. The van der Waals surface area contributed by atoms with E-state index in [0.29, 0.717) is 34.6 Å². The Bertz CT molecular complexity index is 721. The SMILES string of the molecule is CCCCOc1cc(OC(C)=O)c2ccccc2c1OC(C)=O. The van der Waals surface area contributed by atoms with Gasteiger partial charge in [0.15, 0.2) is 11.5 Å². The standard InChI is InChI=1S/C18H20O5/c1-4-5-10-21-17-11-16(22-12(2)19)14-8-6-7-9-15(14)18(17)23-13(3)20/h6-9,11H,4-5,10H2,1-3H3. The van der Waals surface area contributed by atoms with Gasteiger partial charge in [0.1, 0.15) is 5.75 Å². The fourth-order valence-electron chi connectivity index (χ4n) is 2.21. The van der Waals surface area contributed by atoms with Gasteiger partial charge in [-0.3, -0.25) is 9.59 Å². The minimum Gasteiger partial charge on any atom is -0.490 e. The summed E-state index contributed by atoms with van der Waals surface area (Å²) in [6.45, 7) is 5.22. The Morgan fingerprint density at radius 1 is 0.957 bits per heavy atom. The predicted octanol–water partition coefficient (Wildman–Crippen LogP) is 3.87. The molecule has 0 amide bonds. The van der Waals surface area contributed by atoms with Gasteiger partial charge in [0.25, 0.3) is 0 Å². The molecule has 0 aromatic heterocycles. The van der Waals surface area contributed by atoms with Crippen LogP contribution in [0.3, 0.4) is 0 Å². The zero-order chi connectivity index (χ0) is 16.8. The average Bonchev–Trinajstić information content (AvgIpc) is 2.50. The molecular weight excluding hydrogens is 296 g/mol. The normalized spacial score (nSPS) is 10.4. The number of fused-ring (bicyclic) bond motifs is 1. The molecule has 0 unspecified atom stereocenters. The van der Waals surface area contributed by atoms with E-state index < -0.39 is 11.9 Å². The van der Waals surface area contributed by atoms with E-state index >= 15 is 0 Å². The lowest BCUT2D eigenvalue weighted by molar-refractivity contribution is -0.133. The molecule has 2 rings (SSSR count). The molecule has 0 bridgehead atoms. The number of unbranched alkanes of at least 4 members (excludes halogenated alkanes) is 1. The van der Waals surface area contributed by atoms with Gasteiger partial charge in [-0.25, -0.2) is 0 Å². The van der Waals surface area contributed by atoms with Crippen molar-refractivity contribution in [1.82, 2.24) is 0 Å². The summed E-state index contributed by atoms with van der Waals surface area (Å²) in [5.41, 5.74) is 0. The molecule has 0 fully saturated rings. The fourth-order valence-corrected chi connectivity index (χ4v) is 2.21. The van der Waals surface area contributed by atoms with Crippen LogP contribution in [0.5, 0.6) is 17.2 Å². The highest BCUT2D eigenvalue weighted by Gasteiger charge is 2.18. The minimum absolute atomic E-state index is 0.347. The van der Waals surface area contributed by atoms with Crippen LogP contribution in [0.2, 0.25) is 0 Å². The summed E-state index contributed by atoms with van der Waals surface area (Å²) >= 11 is 0. The van der Waals surface area contributed by atoms with Crippen molar-refractivity contribution in [1.29, 1.82) is 0 Å². The Hall–Kier alpha value is -2.56. The molecule has 2 aromatic carbocycles. The first-order chi connectivity index (χ1) is 11.0. The summed E-state index contributed by atoms with van der Waals surface area (Å²) in [4.78, 5) is 22.8. The first kappa shape index (κ1) is 16.8. The predicted molar refractivity (Wildman–Crippen MR) is 87.0 cm³/mol. The molecule has 5 nitrogen and oxygen atoms in total. The molecule has 0 aliphatic heterocycles. The molecule has 0 heterocycles. The number of hydrogen-bond acceptors (Lipinski definition) is 5. The second-order valence-electron chi connectivity index (χ2n) is 5.14. The molecule has 0 atom stereocenters. The van der Waals surface area contributed by atoms with Gasteiger partial charge in [-0.1, -0.05) is 37.6 Å². The fraction of sp³-hybridized carbons (Fsp3) is 0.333. The quantitative estimate of drug-likeness (QED) is 0.460. The second-order valence-corrected chi connectivity index (χ2v) is 5.14. The molecule has 0 spiro atoms. The van der Waals surface area contributed by atoms with Crippen molar-refractivity contribution in [2.75, 3.05) is 6.61 Å². The van der Waals surface area contributed by atoms with Gasteiger partial charge in [0.05, 0.1) is 6.61 Å². The third kappa shape index (κ3) is 4.22. The molecule has 0 aliphatic rings. The molecule has 5 heteroatoms. The van der Waals surface area contributed by atoms with Crippen LogP contribution >= 0.6 is 0 Å². The van der Waals surface area contributed by atoms with Gasteiger partial charge in [-0.05, 0) is 6.42 Å². The van der Waals surface area contributed by atoms with Gasteiger partial charge in [0, 0.05) is 30.7 Å². The Kier molecular flexibility index (Phi) is 5.57. The summed E-state index contributed by atoms with van der Waals surface area (Å²) in [7, 11) is 0. The van der Waals surface area contributed by atoms with Gasteiger partial charge < -0.3 is 14.2 Å². The van der Waals surface area contributed by atoms with Crippen LogP contribution in [0.15, 0.2) is 30.3 Å². The lowest BCUT2D eigenvalue weighted by Crippen LogP contribution is -2.07. The van der Waals surface area contributed by atoms with E-state index in [2.05, 4.69) is 6.92 Å². The van der Waals surface area contributed by atoms with E-state index in [4.69, 9.17) is 14.2 Å². The number of benzene rings is 2. The highest BCUT2D eigenvalue weighted by Crippen LogP contribution is 2.41. The highest BCUT2D eigenvalue weighted by atomic mass is 16.6. The molecular formula is C18H20O5. The topological polar surface area (TPSA) is 61.8 Å². The third-order valence-corrected chi connectivity index (χ3v) is 3.18. The van der Waals surface area contributed by atoms with E-state index in [9.17, 15) is 9.59 Å². The van der Waals surface area contributed by atoms with Crippen LogP contribution in [-0.2, 0) is 9.59 Å². The first-order valence-electron chi connectivity index (χ1n) is 7.58. The van der Waals surface area contributed by atoms with Crippen molar-refractivity contribution < 1.29 is 23.8 Å². The second kappa shape index (κ2) is 7.63. The molecule has 23 heavy (non-hydrogen) atoms. The number of carbonyl (C=O) groups is 2. The van der Waals surface area contributed by atoms with Gasteiger partial charge in [0.2, 0.25) is 0 Å². The van der Waals surface area contributed by atoms with Crippen LogP contribution in [0.25, 0.3) is 10.8 Å². The number of carbonyl (C=O) groups excluding carboxylic acids is 2. The lowest BCUT2D eigenvalue weighted by atomic mass is 10.1. The number of hydrogen-bond donors (Lipinski definition) is 0. The number of ether oxygens (including phenoxy) is 3. The molecule has 2 aromatic rings.